The lowest BCUT2D eigenvalue weighted by Gasteiger charge is -2.18. The van der Waals surface area contributed by atoms with Crippen LogP contribution < -0.4 is 0 Å². The molecule has 0 aromatic heterocycles. The van der Waals surface area contributed by atoms with Crippen LogP contribution in [0.5, 0.6) is 0 Å². The highest BCUT2D eigenvalue weighted by Gasteiger charge is 2.17. The van der Waals surface area contributed by atoms with Crippen LogP contribution >= 0.6 is 17.1 Å². The van der Waals surface area contributed by atoms with Gasteiger partial charge >= 0.3 is 5.97 Å². The van der Waals surface area contributed by atoms with Crippen LogP contribution in [0.1, 0.15) is 41.0 Å². The molecule has 2 N–H and O–H groups in total. The highest BCUT2D eigenvalue weighted by molar-refractivity contribution is 8.67. The van der Waals surface area contributed by atoms with E-state index in [1.54, 1.807) is 6.92 Å². The minimum absolute atomic E-state index is 0.0112. The highest BCUT2D eigenvalue weighted by atomic mass is 32.9. The Morgan fingerprint density at radius 2 is 1.81 bits per heavy atom. The van der Waals surface area contributed by atoms with Crippen molar-refractivity contribution in [3.8, 4) is 0 Å². The molecular weight excluding hydrogens is 267 g/mol. The summed E-state index contributed by atoms with van der Waals surface area (Å²) in [6.45, 7) is 9.33. The van der Waals surface area contributed by atoms with Gasteiger partial charge in [0.25, 0.3) is 0 Å². The molecule has 0 heterocycles. The van der Waals surface area contributed by atoms with Crippen LogP contribution in [-0.4, -0.2) is 27.3 Å². The lowest BCUT2D eigenvalue weighted by molar-refractivity contribution is -0.136. The zero-order valence-electron chi connectivity index (χ0n) is 10.3. The number of carboxylic acids is 1. The first-order valence-electron chi connectivity index (χ1n) is 5.02. The molecule has 0 aliphatic heterocycles. The van der Waals surface area contributed by atoms with Gasteiger partial charge in [-0.1, -0.05) is 32.2 Å². The van der Waals surface area contributed by atoms with E-state index in [1.807, 2.05) is 27.7 Å². The number of hydrogen-bond donors (Lipinski definition) is 2. The second-order valence-corrected chi connectivity index (χ2v) is 10.1. The van der Waals surface area contributed by atoms with E-state index in [1.165, 1.54) is 11.4 Å². The Labute approximate surface area is 107 Å². The fraction of sp³-hybridized carbons (Fsp3) is 0.889. The number of hydrogen-bond acceptors (Lipinski definition) is 4. The van der Waals surface area contributed by atoms with E-state index in [9.17, 15) is 9.69 Å². The molecule has 16 heavy (non-hydrogen) atoms. The Kier molecular flexibility index (Phi) is 11.0. The Balaban J connectivity index is 0. The van der Waals surface area contributed by atoms with Gasteiger partial charge in [0.15, 0.2) is 0 Å². The molecule has 0 radical (unpaired) electrons. The van der Waals surface area contributed by atoms with Crippen molar-refractivity contribution >= 4 is 34.9 Å². The highest BCUT2D eigenvalue weighted by Crippen LogP contribution is 2.58. The van der Waals surface area contributed by atoms with Crippen molar-refractivity contribution in [1.82, 2.24) is 0 Å². The molecule has 7 heteroatoms. The second kappa shape index (κ2) is 9.42. The van der Waals surface area contributed by atoms with Crippen LogP contribution in [0.3, 0.4) is 0 Å². The molecule has 98 valence electrons. The van der Waals surface area contributed by atoms with E-state index in [0.717, 1.165) is 0 Å². The third-order valence-electron chi connectivity index (χ3n) is 0.991. The van der Waals surface area contributed by atoms with Crippen LogP contribution in [0.2, 0.25) is 0 Å². The van der Waals surface area contributed by atoms with Gasteiger partial charge in [-0.25, -0.2) is 0 Å². The molecule has 0 spiro atoms. The second-order valence-electron chi connectivity index (χ2n) is 3.52. The van der Waals surface area contributed by atoms with Crippen LogP contribution in [0.15, 0.2) is 0 Å². The van der Waals surface area contributed by atoms with E-state index in [0.29, 0.717) is 5.25 Å². The maximum Gasteiger partial charge on any atom is 0.303 e. The molecule has 1 atom stereocenters. The van der Waals surface area contributed by atoms with Crippen LogP contribution in [-0.2, 0) is 21.1 Å². The smallest absolute Gasteiger partial charge is 0.303 e. The largest absolute Gasteiger partial charge is 0.481 e. The van der Waals surface area contributed by atoms with Crippen molar-refractivity contribution in [3.63, 3.8) is 0 Å². The Bertz CT molecular complexity index is 230. The van der Waals surface area contributed by atoms with E-state index in [4.69, 9.17) is 21.4 Å². The van der Waals surface area contributed by atoms with E-state index in [2.05, 4.69) is 0 Å². The summed E-state index contributed by atoms with van der Waals surface area (Å²) in [5.74, 6) is -0.745. The topological polar surface area (TPSA) is 66.8 Å². The minimum atomic E-state index is -2.55. The summed E-state index contributed by atoms with van der Waals surface area (Å²) in [5, 5.41) is 8.05. The zero-order valence-corrected chi connectivity index (χ0v) is 12.9. The average Bonchev–Trinajstić information content (AvgIpc) is 1.99. The molecule has 0 saturated heterocycles. The van der Waals surface area contributed by atoms with Crippen LogP contribution in [0.25, 0.3) is 0 Å². The maximum absolute atomic E-state index is 9.52. The van der Waals surface area contributed by atoms with Gasteiger partial charge in [-0.2, -0.15) is 0 Å². The summed E-state index contributed by atoms with van der Waals surface area (Å²) < 4.78 is 5.19. The summed E-state index contributed by atoms with van der Waals surface area (Å²) >= 11 is 6.25. The van der Waals surface area contributed by atoms with E-state index < -0.39 is 11.7 Å². The minimum Gasteiger partial charge on any atom is -0.481 e. The molecule has 0 bridgehead atoms. The van der Waals surface area contributed by atoms with Crippen molar-refractivity contribution in [2.45, 2.75) is 52.4 Å². The van der Waals surface area contributed by atoms with Gasteiger partial charge < -0.3 is 14.5 Å². The first-order valence-corrected chi connectivity index (χ1v) is 9.17. The van der Waals surface area contributed by atoms with Gasteiger partial charge in [-0.15, -0.1) is 0 Å². The van der Waals surface area contributed by atoms with Gasteiger partial charge in [0.05, 0.1) is 6.10 Å². The number of carboxylic acid groups (broad SMARTS) is 1. The number of rotatable bonds is 5. The maximum atomic E-state index is 9.52. The van der Waals surface area contributed by atoms with Crippen LogP contribution in [0.4, 0.5) is 0 Å². The molecule has 0 saturated carbocycles. The molecule has 0 aliphatic carbocycles. The predicted octanol–water partition coefficient (Wildman–Crippen LogP) is 3.25. The lowest BCUT2D eigenvalue weighted by atomic mass is 10.5. The Morgan fingerprint density at radius 3 is 2.00 bits per heavy atom. The summed E-state index contributed by atoms with van der Waals surface area (Å²) in [6.07, 6.45) is 0.233. The zero-order chi connectivity index (χ0) is 13.4. The molecule has 0 aromatic carbocycles. The Morgan fingerprint density at radius 1 is 1.44 bits per heavy atom. The van der Waals surface area contributed by atoms with Gasteiger partial charge in [-0.3, -0.25) is 4.79 Å². The molecule has 0 aromatic rings. The van der Waals surface area contributed by atoms with Crippen molar-refractivity contribution in [3.05, 3.63) is 0 Å². The number of carbonyl (C=O) groups is 1. The Hall–Kier alpha value is 0.390. The van der Waals surface area contributed by atoms with Crippen molar-refractivity contribution in [2.75, 3.05) is 0 Å². The summed E-state index contributed by atoms with van der Waals surface area (Å²) in [7, 11) is 0. The van der Waals surface area contributed by atoms with Gasteiger partial charge in [0.1, 0.15) is 0 Å². The molecule has 0 aliphatic rings. The predicted molar refractivity (Wildman–Crippen MR) is 73.4 cm³/mol. The molecule has 0 rings (SSSR count). The van der Waals surface area contributed by atoms with E-state index >= 15 is 0 Å². The third-order valence-corrected chi connectivity index (χ3v) is 5.72. The average molecular weight is 288 g/mol. The van der Waals surface area contributed by atoms with Crippen molar-refractivity contribution in [2.24, 2.45) is 0 Å². The van der Waals surface area contributed by atoms with E-state index in [-0.39, 0.29) is 12.5 Å². The summed E-state index contributed by atoms with van der Waals surface area (Å²) in [5.41, 5.74) is -2.55. The summed E-state index contributed by atoms with van der Waals surface area (Å²) in [4.78, 5) is 18.9. The SMILES string of the molecule is CC(C)OP(O)(=S)SC(C)C.CCC(=O)O. The monoisotopic (exact) mass is 288 g/mol. The first kappa shape index (κ1) is 18.7. The fourth-order valence-electron chi connectivity index (χ4n) is 0.558. The van der Waals surface area contributed by atoms with Gasteiger partial charge in [0.2, 0.25) is 5.69 Å². The number of aliphatic carboxylic acids is 1. The van der Waals surface area contributed by atoms with Crippen molar-refractivity contribution in [1.29, 1.82) is 0 Å². The van der Waals surface area contributed by atoms with Crippen LogP contribution in [0, 0.1) is 0 Å². The van der Waals surface area contributed by atoms with Gasteiger partial charge in [0, 0.05) is 11.7 Å². The standard InChI is InChI=1S/C6H15O2PS2.C3H6O2/c1-5(2)8-9(7,10)11-6(3)4;1-2-3(4)5/h5-6H,1-4H3,(H,7,10);2H2,1H3,(H,4,5). The fourth-order valence-corrected chi connectivity index (χ4v) is 6.00. The van der Waals surface area contributed by atoms with Crippen molar-refractivity contribution < 1.29 is 19.3 Å². The normalized spacial score (nSPS) is 14.2. The van der Waals surface area contributed by atoms with Gasteiger partial charge in [-0.05, 0) is 25.7 Å². The first-order chi connectivity index (χ1) is 7.10. The quantitative estimate of drug-likeness (QED) is 0.757. The molecule has 0 amide bonds. The molecule has 1 unspecified atom stereocenters. The summed E-state index contributed by atoms with van der Waals surface area (Å²) in [6, 6.07) is 0. The molecule has 4 nitrogen and oxygen atoms in total. The lowest BCUT2D eigenvalue weighted by Crippen LogP contribution is -1.99. The third kappa shape index (κ3) is 16.8. The molecule has 0 fully saturated rings. The molecular formula is C9H21O4PS2.